The van der Waals surface area contributed by atoms with Gasteiger partial charge in [-0.15, -0.1) is 0 Å². The van der Waals surface area contributed by atoms with Gasteiger partial charge in [0.05, 0.1) is 5.52 Å². The minimum absolute atomic E-state index is 0.140. The zero-order valence-corrected chi connectivity index (χ0v) is 9.92. The van der Waals surface area contributed by atoms with Gasteiger partial charge >= 0.3 is 0 Å². The van der Waals surface area contributed by atoms with Crippen molar-refractivity contribution in [3.05, 3.63) is 35.8 Å². The summed E-state index contributed by atoms with van der Waals surface area (Å²) in [7, 11) is 1.95. The molecule has 0 spiro atoms. The molecule has 0 amide bonds. The van der Waals surface area contributed by atoms with E-state index in [1.54, 1.807) is 6.07 Å². The van der Waals surface area contributed by atoms with E-state index in [1.807, 2.05) is 23.9 Å². The van der Waals surface area contributed by atoms with Crippen molar-refractivity contribution in [2.45, 2.75) is 26.4 Å². The molecule has 2 aromatic rings. The fourth-order valence-electron chi connectivity index (χ4n) is 1.94. The summed E-state index contributed by atoms with van der Waals surface area (Å²) in [6, 6.07) is 5.61. The molecule has 0 saturated heterocycles. The highest BCUT2D eigenvalue weighted by atomic mass is 19.1. The Morgan fingerprint density at radius 2 is 2.12 bits per heavy atom. The van der Waals surface area contributed by atoms with Crippen LogP contribution in [0.2, 0.25) is 0 Å². The van der Waals surface area contributed by atoms with Crippen LogP contribution in [0.5, 0.6) is 0 Å². The fraction of sp³-hybridized carbons (Fsp3) is 0.385. The van der Waals surface area contributed by atoms with Crippen LogP contribution in [-0.2, 0) is 13.6 Å². The van der Waals surface area contributed by atoms with Gasteiger partial charge in [0, 0.05) is 31.2 Å². The van der Waals surface area contributed by atoms with E-state index in [4.69, 9.17) is 0 Å². The Morgan fingerprint density at radius 1 is 1.38 bits per heavy atom. The molecule has 1 aromatic heterocycles. The van der Waals surface area contributed by atoms with Gasteiger partial charge in [-0.2, -0.15) is 0 Å². The second kappa shape index (κ2) is 4.26. The lowest BCUT2D eigenvalue weighted by Gasteiger charge is -2.06. The third-order valence-corrected chi connectivity index (χ3v) is 2.74. The van der Waals surface area contributed by atoms with E-state index >= 15 is 0 Å². The van der Waals surface area contributed by atoms with E-state index < -0.39 is 0 Å². The molecular formula is C13H17FN2. The van der Waals surface area contributed by atoms with Crippen molar-refractivity contribution < 1.29 is 4.39 Å². The van der Waals surface area contributed by atoms with Crippen molar-refractivity contribution in [3.8, 4) is 0 Å². The van der Waals surface area contributed by atoms with Crippen molar-refractivity contribution in [2.75, 3.05) is 0 Å². The van der Waals surface area contributed by atoms with Crippen LogP contribution in [0.15, 0.2) is 24.4 Å². The fourth-order valence-corrected chi connectivity index (χ4v) is 1.94. The van der Waals surface area contributed by atoms with Gasteiger partial charge in [-0.05, 0) is 17.7 Å². The summed E-state index contributed by atoms with van der Waals surface area (Å²) in [6.45, 7) is 4.87. The molecular weight excluding hydrogens is 203 g/mol. The largest absolute Gasteiger partial charge is 0.350 e. The van der Waals surface area contributed by atoms with Crippen molar-refractivity contribution in [3.63, 3.8) is 0 Å². The van der Waals surface area contributed by atoms with Gasteiger partial charge in [-0.3, -0.25) is 0 Å². The Hall–Kier alpha value is -1.35. The smallest absolute Gasteiger partial charge is 0.132 e. The lowest BCUT2D eigenvalue weighted by Crippen LogP contribution is -2.21. The topological polar surface area (TPSA) is 17.0 Å². The number of nitrogens with zero attached hydrogens (tertiary/aromatic N) is 1. The predicted molar refractivity (Wildman–Crippen MR) is 64.9 cm³/mol. The summed E-state index contributed by atoms with van der Waals surface area (Å²) in [4.78, 5) is 0. The Labute approximate surface area is 95.1 Å². The number of nitrogens with one attached hydrogen (secondary N) is 1. The van der Waals surface area contributed by atoms with Gasteiger partial charge in [0.15, 0.2) is 0 Å². The molecule has 0 aliphatic heterocycles. The van der Waals surface area contributed by atoms with Crippen LogP contribution >= 0.6 is 0 Å². The van der Waals surface area contributed by atoms with Crippen molar-refractivity contribution >= 4 is 10.9 Å². The quantitative estimate of drug-likeness (QED) is 0.841. The molecule has 0 aliphatic carbocycles. The Balaban J connectivity index is 2.45. The Bertz CT molecular complexity index is 500. The molecule has 1 aromatic carbocycles. The number of halogens is 1. The van der Waals surface area contributed by atoms with E-state index in [1.165, 1.54) is 6.07 Å². The molecule has 0 aliphatic rings. The monoisotopic (exact) mass is 220 g/mol. The first kappa shape index (κ1) is 11.1. The normalized spacial score (nSPS) is 11.6. The van der Waals surface area contributed by atoms with Crippen molar-refractivity contribution in [2.24, 2.45) is 7.05 Å². The van der Waals surface area contributed by atoms with Crippen LogP contribution < -0.4 is 5.32 Å². The number of aromatic nitrogens is 1. The third-order valence-electron chi connectivity index (χ3n) is 2.74. The first-order valence-corrected chi connectivity index (χ1v) is 5.55. The standard InChI is InChI=1S/C13H17FN2/c1-9(2)15-7-10-8-16(3)12-6-4-5-11(14)13(10)12/h4-6,8-9,15H,7H2,1-3H3. The maximum atomic E-state index is 13.7. The Morgan fingerprint density at radius 3 is 2.81 bits per heavy atom. The molecule has 2 rings (SSSR count). The average molecular weight is 220 g/mol. The number of hydrogen-bond acceptors (Lipinski definition) is 1. The molecule has 1 N–H and O–H groups in total. The molecule has 0 radical (unpaired) electrons. The van der Waals surface area contributed by atoms with Crippen molar-refractivity contribution in [1.29, 1.82) is 0 Å². The van der Waals surface area contributed by atoms with E-state index in [0.29, 0.717) is 12.6 Å². The second-order valence-corrected chi connectivity index (χ2v) is 4.43. The molecule has 0 unspecified atom stereocenters. The van der Waals surface area contributed by atoms with Crippen LogP contribution in [0.3, 0.4) is 0 Å². The Kier molecular flexibility index (Phi) is 2.97. The number of rotatable bonds is 3. The van der Waals surface area contributed by atoms with E-state index in [9.17, 15) is 4.39 Å². The molecule has 16 heavy (non-hydrogen) atoms. The second-order valence-electron chi connectivity index (χ2n) is 4.43. The number of fused-ring (bicyclic) bond motifs is 1. The number of aryl methyl sites for hydroxylation is 1. The molecule has 0 fully saturated rings. The van der Waals surface area contributed by atoms with Gasteiger partial charge < -0.3 is 9.88 Å². The number of hydrogen-bond donors (Lipinski definition) is 1. The van der Waals surface area contributed by atoms with Crippen LogP contribution in [0.1, 0.15) is 19.4 Å². The minimum Gasteiger partial charge on any atom is -0.350 e. The summed E-state index contributed by atoms with van der Waals surface area (Å²) >= 11 is 0. The van der Waals surface area contributed by atoms with Crippen LogP contribution in [-0.4, -0.2) is 10.6 Å². The SMILES string of the molecule is CC(C)NCc1cn(C)c2cccc(F)c12. The molecule has 0 atom stereocenters. The summed E-state index contributed by atoms with van der Waals surface area (Å²) < 4.78 is 15.7. The summed E-state index contributed by atoms with van der Waals surface area (Å²) in [5.41, 5.74) is 1.96. The molecule has 2 nitrogen and oxygen atoms in total. The lowest BCUT2D eigenvalue weighted by atomic mass is 10.1. The lowest BCUT2D eigenvalue weighted by molar-refractivity contribution is 0.587. The first-order chi connectivity index (χ1) is 7.59. The summed E-state index contributed by atoms with van der Waals surface area (Å²) in [5.74, 6) is -0.140. The maximum absolute atomic E-state index is 13.7. The highest BCUT2D eigenvalue weighted by Gasteiger charge is 2.10. The van der Waals surface area contributed by atoms with Crippen molar-refractivity contribution in [1.82, 2.24) is 9.88 Å². The van der Waals surface area contributed by atoms with Gasteiger partial charge in [0.25, 0.3) is 0 Å². The number of benzene rings is 1. The minimum atomic E-state index is -0.140. The molecule has 86 valence electrons. The predicted octanol–water partition coefficient (Wildman–Crippen LogP) is 2.82. The van der Waals surface area contributed by atoms with Crippen LogP contribution in [0.25, 0.3) is 10.9 Å². The highest BCUT2D eigenvalue weighted by Crippen LogP contribution is 2.23. The van der Waals surface area contributed by atoms with Gasteiger partial charge in [-0.25, -0.2) is 4.39 Å². The summed E-state index contributed by atoms with van der Waals surface area (Å²) in [6.07, 6.45) is 1.99. The molecule has 3 heteroatoms. The summed E-state index contributed by atoms with van der Waals surface area (Å²) in [5, 5.41) is 4.05. The molecule has 1 heterocycles. The van der Waals surface area contributed by atoms with E-state index in [2.05, 4.69) is 19.2 Å². The van der Waals surface area contributed by atoms with Crippen LogP contribution in [0, 0.1) is 5.82 Å². The van der Waals surface area contributed by atoms with E-state index in [-0.39, 0.29) is 5.82 Å². The third kappa shape index (κ3) is 1.95. The van der Waals surface area contributed by atoms with E-state index in [0.717, 1.165) is 16.5 Å². The highest BCUT2D eigenvalue weighted by molar-refractivity contribution is 5.84. The zero-order valence-electron chi connectivity index (χ0n) is 9.92. The maximum Gasteiger partial charge on any atom is 0.132 e. The van der Waals surface area contributed by atoms with Gasteiger partial charge in [0.1, 0.15) is 5.82 Å². The average Bonchev–Trinajstić information content (AvgIpc) is 2.55. The zero-order chi connectivity index (χ0) is 11.7. The molecule has 0 saturated carbocycles. The van der Waals surface area contributed by atoms with Gasteiger partial charge in [-0.1, -0.05) is 19.9 Å². The molecule has 0 bridgehead atoms. The van der Waals surface area contributed by atoms with Crippen LogP contribution in [0.4, 0.5) is 4.39 Å². The first-order valence-electron chi connectivity index (χ1n) is 5.55. The van der Waals surface area contributed by atoms with Gasteiger partial charge in [0.2, 0.25) is 0 Å².